The van der Waals surface area contributed by atoms with Gasteiger partial charge in [-0.05, 0) is 51.4 Å². The van der Waals surface area contributed by atoms with E-state index < -0.39 is 0 Å². The molecule has 2 heterocycles. The molecule has 1 aromatic heterocycles. The van der Waals surface area contributed by atoms with Gasteiger partial charge in [0.25, 0.3) is 0 Å². The van der Waals surface area contributed by atoms with Crippen LogP contribution in [0.2, 0.25) is 0 Å². The van der Waals surface area contributed by atoms with Crippen LogP contribution in [-0.2, 0) is 9.59 Å². The molecular weight excluding hydrogens is 322 g/mol. The van der Waals surface area contributed by atoms with Crippen molar-refractivity contribution in [3.63, 3.8) is 0 Å². The molecule has 2 saturated carbocycles. The number of aryl methyl sites for hydroxylation is 1. The van der Waals surface area contributed by atoms with Crippen molar-refractivity contribution in [1.29, 1.82) is 0 Å². The highest BCUT2D eigenvalue weighted by Crippen LogP contribution is 2.42. The first-order chi connectivity index (χ1) is 11.6. The molecule has 130 valence electrons. The zero-order valence-corrected chi connectivity index (χ0v) is 15.0. The monoisotopic (exact) mass is 347 g/mol. The van der Waals surface area contributed by atoms with Gasteiger partial charge >= 0.3 is 0 Å². The Balaban J connectivity index is 1.39. The lowest BCUT2D eigenvalue weighted by molar-refractivity contribution is -0.137. The Morgan fingerprint density at radius 2 is 2.04 bits per heavy atom. The van der Waals surface area contributed by atoms with Crippen molar-refractivity contribution >= 4 is 23.2 Å². The van der Waals surface area contributed by atoms with Crippen molar-refractivity contribution < 1.29 is 9.59 Å². The fourth-order valence-corrected chi connectivity index (χ4v) is 4.52. The van der Waals surface area contributed by atoms with Gasteiger partial charge in [0.05, 0.1) is 12.0 Å². The molecule has 3 fully saturated rings. The van der Waals surface area contributed by atoms with Crippen LogP contribution >= 0.6 is 11.3 Å². The molecule has 1 aromatic rings. The maximum absolute atomic E-state index is 12.8. The third kappa shape index (κ3) is 3.48. The molecule has 1 aliphatic heterocycles. The van der Waals surface area contributed by atoms with E-state index in [1.807, 2.05) is 17.2 Å². The van der Waals surface area contributed by atoms with Gasteiger partial charge in [0.2, 0.25) is 11.8 Å². The highest BCUT2D eigenvalue weighted by molar-refractivity contribution is 7.09. The summed E-state index contributed by atoms with van der Waals surface area (Å²) in [5, 5.41) is 6.34. The van der Waals surface area contributed by atoms with Crippen molar-refractivity contribution in [1.82, 2.24) is 15.2 Å². The van der Waals surface area contributed by atoms with Crippen LogP contribution in [0.25, 0.3) is 0 Å². The summed E-state index contributed by atoms with van der Waals surface area (Å²) in [5.41, 5.74) is 1.02. The van der Waals surface area contributed by atoms with Crippen molar-refractivity contribution in [2.75, 3.05) is 13.1 Å². The first kappa shape index (κ1) is 16.1. The number of nitrogens with one attached hydrogen (secondary N) is 1. The van der Waals surface area contributed by atoms with Gasteiger partial charge in [-0.1, -0.05) is 0 Å². The number of piperidine rings is 1. The first-order valence-electron chi connectivity index (χ1n) is 9.13. The maximum atomic E-state index is 12.8. The number of amides is 2. The summed E-state index contributed by atoms with van der Waals surface area (Å²) >= 11 is 1.64. The average Bonchev–Trinajstić information content (AvgIpc) is 3.50. The van der Waals surface area contributed by atoms with Crippen molar-refractivity contribution in [3.05, 3.63) is 16.1 Å². The summed E-state index contributed by atoms with van der Waals surface area (Å²) in [7, 11) is 0. The van der Waals surface area contributed by atoms with Crippen molar-refractivity contribution in [2.24, 2.45) is 17.8 Å². The third-order valence-corrected chi connectivity index (χ3v) is 6.37. The largest absolute Gasteiger partial charge is 0.346 e. The third-order valence-electron chi connectivity index (χ3n) is 5.32. The molecule has 0 aromatic carbocycles. The fourth-order valence-electron chi connectivity index (χ4n) is 3.58. The van der Waals surface area contributed by atoms with Gasteiger partial charge in [0.1, 0.15) is 5.01 Å². The Morgan fingerprint density at radius 1 is 1.25 bits per heavy atom. The average molecular weight is 347 g/mol. The van der Waals surface area contributed by atoms with E-state index in [9.17, 15) is 9.59 Å². The second-order valence-corrected chi connectivity index (χ2v) is 8.44. The van der Waals surface area contributed by atoms with E-state index in [0.717, 1.165) is 42.9 Å². The quantitative estimate of drug-likeness (QED) is 0.891. The number of thiazole rings is 1. The van der Waals surface area contributed by atoms with E-state index in [4.69, 9.17) is 0 Å². The number of likely N-dealkylation sites (tertiary alicyclic amines) is 1. The van der Waals surface area contributed by atoms with Gasteiger partial charge in [-0.3, -0.25) is 9.59 Å². The molecule has 3 aliphatic rings. The first-order valence-corrected chi connectivity index (χ1v) is 10.0. The number of carbonyl (C=O) groups is 2. The summed E-state index contributed by atoms with van der Waals surface area (Å²) in [6.45, 7) is 3.40. The SMILES string of the molecule is Cc1csc([C@@H](NC(=O)[C@@H]2CCCN(C(=O)C3CC3)C2)C2CC2)n1. The Hall–Kier alpha value is -1.43. The van der Waals surface area contributed by atoms with Crippen LogP contribution in [0.1, 0.15) is 55.3 Å². The van der Waals surface area contributed by atoms with E-state index >= 15 is 0 Å². The van der Waals surface area contributed by atoms with Crippen LogP contribution < -0.4 is 5.32 Å². The Kier molecular flexibility index (Phi) is 4.33. The fraction of sp³-hybridized carbons (Fsp3) is 0.722. The molecule has 5 nitrogen and oxygen atoms in total. The highest BCUT2D eigenvalue weighted by Gasteiger charge is 2.39. The predicted octanol–water partition coefficient (Wildman–Crippen LogP) is 2.67. The van der Waals surface area contributed by atoms with E-state index in [1.165, 1.54) is 12.8 Å². The summed E-state index contributed by atoms with van der Waals surface area (Å²) < 4.78 is 0. The number of nitrogens with zero attached hydrogens (tertiary/aromatic N) is 2. The molecule has 2 aliphatic carbocycles. The number of carbonyl (C=O) groups excluding carboxylic acids is 2. The summed E-state index contributed by atoms with van der Waals surface area (Å²) in [6, 6.07) is 0.0608. The summed E-state index contributed by atoms with van der Waals surface area (Å²) in [5.74, 6) is 1.08. The van der Waals surface area contributed by atoms with Gasteiger partial charge in [-0.15, -0.1) is 11.3 Å². The standard InChI is InChI=1S/C18H25N3O2S/c1-11-10-24-17(19-11)15(12-4-5-12)20-16(22)14-3-2-8-21(9-14)18(23)13-6-7-13/h10,12-15H,2-9H2,1H3,(H,20,22)/t14-,15+/m1/s1. The minimum Gasteiger partial charge on any atom is -0.346 e. The van der Waals surface area contributed by atoms with Gasteiger partial charge in [-0.25, -0.2) is 4.98 Å². The van der Waals surface area contributed by atoms with Crippen LogP contribution in [0.3, 0.4) is 0 Å². The summed E-state index contributed by atoms with van der Waals surface area (Å²) in [6.07, 6.45) is 6.20. The molecule has 6 heteroatoms. The van der Waals surface area contributed by atoms with Gasteiger partial charge < -0.3 is 10.2 Å². The molecular formula is C18H25N3O2S. The topological polar surface area (TPSA) is 62.3 Å². The van der Waals surface area contributed by atoms with Gasteiger partial charge in [-0.2, -0.15) is 0 Å². The number of hydrogen-bond donors (Lipinski definition) is 1. The zero-order valence-electron chi connectivity index (χ0n) is 14.2. The predicted molar refractivity (Wildman–Crippen MR) is 92.5 cm³/mol. The molecule has 0 bridgehead atoms. The van der Waals surface area contributed by atoms with Crippen molar-refractivity contribution in [2.45, 2.75) is 51.5 Å². The number of hydrogen-bond acceptors (Lipinski definition) is 4. The van der Waals surface area contributed by atoms with E-state index in [-0.39, 0.29) is 29.7 Å². The lowest BCUT2D eigenvalue weighted by atomic mass is 9.96. The van der Waals surface area contributed by atoms with E-state index in [0.29, 0.717) is 12.5 Å². The minimum absolute atomic E-state index is 0.0608. The highest BCUT2D eigenvalue weighted by atomic mass is 32.1. The van der Waals surface area contributed by atoms with Gasteiger partial charge in [0.15, 0.2) is 0 Å². The molecule has 2 atom stereocenters. The molecule has 0 unspecified atom stereocenters. The maximum Gasteiger partial charge on any atom is 0.225 e. The molecule has 4 rings (SSSR count). The second kappa shape index (κ2) is 6.47. The second-order valence-electron chi connectivity index (χ2n) is 7.55. The van der Waals surface area contributed by atoms with E-state index in [1.54, 1.807) is 11.3 Å². The lowest BCUT2D eigenvalue weighted by Gasteiger charge is -2.33. The number of aromatic nitrogens is 1. The normalized spacial score (nSPS) is 25.4. The Bertz CT molecular complexity index is 636. The van der Waals surface area contributed by atoms with Crippen LogP contribution in [0.5, 0.6) is 0 Å². The smallest absolute Gasteiger partial charge is 0.225 e. The van der Waals surface area contributed by atoms with Crippen LogP contribution in [0.15, 0.2) is 5.38 Å². The van der Waals surface area contributed by atoms with Crippen molar-refractivity contribution in [3.8, 4) is 0 Å². The van der Waals surface area contributed by atoms with Crippen LogP contribution in [0.4, 0.5) is 0 Å². The van der Waals surface area contributed by atoms with Crippen LogP contribution in [-0.4, -0.2) is 34.8 Å². The van der Waals surface area contributed by atoms with E-state index in [2.05, 4.69) is 10.3 Å². The van der Waals surface area contributed by atoms with Gasteiger partial charge in [0, 0.05) is 30.1 Å². The molecule has 1 N–H and O–H groups in total. The molecule has 0 spiro atoms. The minimum atomic E-state index is -0.0660. The Labute approximate surface area is 146 Å². The lowest BCUT2D eigenvalue weighted by Crippen LogP contribution is -2.46. The Morgan fingerprint density at radius 3 is 2.67 bits per heavy atom. The molecule has 2 amide bonds. The summed E-state index contributed by atoms with van der Waals surface area (Å²) in [4.78, 5) is 31.6. The number of rotatable bonds is 5. The molecule has 24 heavy (non-hydrogen) atoms. The molecule has 0 radical (unpaired) electrons. The molecule has 1 saturated heterocycles. The van der Waals surface area contributed by atoms with Crippen LogP contribution in [0, 0.1) is 24.7 Å². The zero-order chi connectivity index (χ0) is 16.7.